The van der Waals surface area contributed by atoms with E-state index < -0.39 is 18.1 Å². The number of rotatable bonds is 8. The topological polar surface area (TPSA) is 142 Å². The molecule has 0 saturated carbocycles. The van der Waals surface area contributed by atoms with E-state index in [1.165, 1.54) is 16.7 Å². The Balaban J connectivity index is 0.000000400. The molecule has 6 rings (SSSR count). The number of H-pyrrole nitrogens is 1. The fourth-order valence-electron chi connectivity index (χ4n) is 4.83. The van der Waals surface area contributed by atoms with E-state index in [4.69, 9.17) is 16.3 Å². The average molecular weight is 639 g/mol. The first-order valence-corrected chi connectivity index (χ1v) is 15.4. The summed E-state index contributed by atoms with van der Waals surface area (Å²) in [6, 6.07) is 12.7. The van der Waals surface area contributed by atoms with Gasteiger partial charge in [-0.15, -0.1) is 23.1 Å². The number of hydrogen-bond donors (Lipinski definition) is 3. The van der Waals surface area contributed by atoms with Crippen LogP contribution in [0.15, 0.2) is 69.7 Å². The molecule has 4 heterocycles. The predicted molar refractivity (Wildman–Crippen MR) is 168 cm³/mol. The Kier molecular flexibility index (Phi) is 9.31. The number of halogens is 1. The number of nitrogens with one attached hydrogen (secondary N) is 2. The van der Waals surface area contributed by atoms with Crippen molar-refractivity contribution in [3.05, 3.63) is 90.7 Å². The van der Waals surface area contributed by atoms with E-state index in [-0.39, 0.29) is 23.4 Å². The van der Waals surface area contributed by atoms with Gasteiger partial charge in [-0.05, 0) is 61.2 Å². The van der Waals surface area contributed by atoms with Crippen LogP contribution in [0.25, 0.3) is 22.3 Å². The van der Waals surface area contributed by atoms with E-state index in [1.807, 2.05) is 36.6 Å². The number of nitrogens with zero attached hydrogens (tertiary/aromatic N) is 2. The molecule has 4 aromatic rings. The zero-order chi connectivity index (χ0) is 30.7. The van der Waals surface area contributed by atoms with Crippen molar-refractivity contribution >= 4 is 63.8 Å². The SMILES string of the molecule is CNC1C(=O)N2C(C(=O)O)C(COc3ccc(C)cc3-c3nc4ccc(Cl)cc4c(=O)[nH]3)=CSC12.O=CCc1cccs1. The molecular formula is C30H27ClN4O6S2. The summed E-state index contributed by atoms with van der Waals surface area (Å²) in [5, 5.41) is 17.0. The number of thiophene rings is 1. The van der Waals surface area contributed by atoms with E-state index in [9.17, 15) is 24.3 Å². The van der Waals surface area contributed by atoms with Crippen molar-refractivity contribution in [2.75, 3.05) is 13.7 Å². The van der Waals surface area contributed by atoms with Gasteiger partial charge in [0, 0.05) is 21.9 Å². The molecule has 2 aromatic carbocycles. The van der Waals surface area contributed by atoms with Gasteiger partial charge in [0.25, 0.3) is 5.56 Å². The molecule has 0 aliphatic carbocycles. The Hall–Kier alpha value is -3.97. The number of fused-ring (bicyclic) bond motifs is 2. The van der Waals surface area contributed by atoms with Gasteiger partial charge in [-0.2, -0.15) is 0 Å². The number of aryl methyl sites for hydroxylation is 1. The number of aldehydes is 1. The number of carbonyl (C=O) groups is 3. The molecule has 2 aromatic heterocycles. The minimum atomic E-state index is -1.11. The summed E-state index contributed by atoms with van der Waals surface area (Å²) in [4.78, 5) is 57.0. The lowest BCUT2D eigenvalue weighted by atomic mass is 9.98. The van der Waals surface area contributed by atoms with Crippen molar-refractivity contribution in [2.45, 2.75) is 30.8 Å². The van der Waals surface area contributed by atoms with E-state index in [0.29, 0.717) is 45.1 Å². The summed E-state index contributed by atoms with van der Waals surface area (Å²) >= 11 is 9.02. The number of likely N-dealkylation sites (N-methyl/N-ethyl adjacent to an activating group) is 1. The van der Waals surface area contributed by atoms with Crippen LogP contribution in [0.4, 0.5) is 0 Å². The standard InChI is InChI=1S/C24H21ClN4O5S.C6H6OS/c1-11-3-6-17(15(7-11)20-27-16-5-4-13(25)8-14(16)21(30)28-20)34-9-12-10-35-23-18(26-2)22(31)29(23)19(12)24(32)33;7-4-3-6-2-1-5-8-6/h3-8,10,18-19,23,26H,9H2,1-2H3,(H,32,33)(H,27,28,30);1-2,4-5H,3H2. The highest BCUT2D eigenvalue weighted by Crippen LogP contribution is 2.40. The molecule has 3 N–H and O–H groups in total. The highest BCUT2D eigenvalue weighted by molar-refractivity contribution is 8.02. The Labute approximate surface area is 259 Å². The summed E-state index contributed by atoms with van der Waals surface area (Å²) in [5.74, 6) is -0.624. The summed E-state index contributed by atoms with van der Waals surface area (Å²) in [6.07, 6.45) is 1.49. The van der Waals surface area contributed by atoms with Gasteiger partial charge in [0.1, 0.15) is 35.9 Å². The van der Waals surface area contributed by atoms with Crippen LogP contribution >= 0.6 is 34.7 Å². The summed E-state index contributed by atoms with van der Waals surface area (Å²) in [6.45, 7) is 1.86. The van der Waals surface area contributed by atoms with Gasteiger partial charge < -0.3 is 29.8 Å². The second-order valence-corrected chi connectivity index (χ2v) is 12.2. The van der Waals surface area contributed by atoms with Crippen molar-refractivity contribution in [3.8, 4) is 17.1 Å². The van der Waals surface area contributed by atoms with Crippen LogP contribution in [-0.4, -0.2) is 69.2 Å². The predicted octanol–water partition coefficient (Wildman–Crippen LogP) is 4.26. The number of aliphatic carboxylic acids is 1. The molecule has 13 heteroatoms. The van der Waals surface area contributed by atoms with Crippen LogP contribution in [0.2, 0.25) is 5.02 Å². The van der Waals surface area contributed by atoms with Gasteiger partial charge in [0.2, 0.25) is 5.91 Å². The zero-order valence-electron chi connectivity index (χ0n) is 23.1. The number of ether oxygens (including phenoxy) is 1. The van der Waals surface area contributed by atoms with Gasteiger partial charge in [0.15, 0.2) is 6.04 Å². The van der Waals surface area contributed by atoms with E-state index >= 15 is 0 Å². The van der Waals surface area contributed by atoms with Gasteiger partial charge in [-0.1, -0.05) is 29.3 Å². The quantitative estimate of drug-likeness (QED) is 0.191. The molecule has 2 aliphatic heterocycles. The normalized spacial score (nSPS) is 19.0. The molecular weight excluding hydrogens is 612 g/mol. The third-order valence-corrected chi connectivity index (χ3v) is 9.28. The first-order valence-electron chi connectivity index (χ1n) is 13.2. The Bertz CT molecular complexity index is 1770. The maximum Gasteiger partial charge on any atom is 0.330 e. The van der Waals surface area contributed by atoms with Gasteiger partial charge in [0.05, 0.1) is 16.5 Å². The van der Waals surface area contributed by atoms with E-state index in [1.54, 1.807) is 48.1 Å². The smallest absolute Gasteiger partial charge is 0.330 e. The van der Waals surface area contributed by atoms with Gasteiger partial charge in [-0.3, -0.25) is 9.59 Å². The lowest BCUT2D eigenvalue weighted by Crippen LogP contribution is -2.73. The minimum absolute atomic E-state index is 0.0475. The van der Waals surface area contributed by atoms with Crippen LogP contribution < -0.4 is 15.6 Å². The third kappa shape index (κ3) is 6.37. The fraction of sp³-hybridized carbons (Fsp3) is 0.233. The zero-order valence-corrected chi connectivity index (χ0v) is 25.5. The van der Waals surface area contributed by atoms with Gasteiger partial charge >= 0.3 is 5.97 Å². The van der Waals surface area contributed by atoms with E-state index in [2.05, 4.69) is 15.3 Å². The number of thioether (sulfide) groups is 1. The number of aromatic nitrogens is 2. The molecule has 222 valence electrons. The number of β-lactam (4-membered cyclic amide) rings is 1. The number of carboxylic acids is 1. The second kappa shape index (κ2) is 13.1. The summed E-state index contributed by atoms with van der Waals surface area (Å²) in [7, 11) is 1.68. The van der Waals surface area contributed by atoms with Crippen LogP contribution in [-0.2, 0) is 20.8 Å². The summed E-state index contributed by atoms with van der Waals surface area (Å²) in [5.41, 5.74) is 2.10. The Morgan fingerprint density at radius 3 is 2.74 bits per heavy atom. The molecule has 1 saturated heterocycles. The van der Waals surface area contributed by atoms with Crippen molar-refractivity contribution < 1.29 is 24.2 Å². The van der Waals surface area contributed by atoms with Gasteiger partial charge in [-0.25, -0.2) is 9.78 Å². The Morgan fingerprint density at radius 1 is 1.23 bits per heavy atom. The maximum atomic E-state index is 12.7. The van der Waals surface area contributed by atoms with Crippen molar-refractivity contribution in [1.82, 2.24) is 20.2 Å². The monoisotopic (exact) mass is 638 g/mol. The van der Waals surface area contributed by atoms with Crippen LogP contribution in [0, 0.1) is 6.92 Å². The highest BCUT2D eigenvalue weighted by atomic mass is 35.5. The van der Waals surface area contributed by atoms with Crippen LogP contribution in [0.3, 0.4) is 0 Å². The first-order chi connectivity index (χ1) is 20.7. The maximum absolute atomic E-state index is 12.7. The molecule has 0 radical (unpaired) electrons. The lowest BCUT2D eigenvalue weighted by Gasteiger charge is -2.51. The molecule has 3 unspecified atom stereocenters. The minimum Gasteiger partial charge on any atom is -0.488 e. The second-order valence-electron chi connectivity index (χ2n) is 9.79. The average Bonchev–Trinajstić information content (AvgIpc) is 3.50. The highest BCUT2D eigenvalue weighted by Gasteiger charge is 2.54. The first kappa shape index (κ1) is 30.5. The van der Waals surface area contributed by atoms with Crippen molar-refractivity contribution in [2.24, 2.45) is 0 Å². The molecule has 0 spiro atoms. The van der Waals surface area contributed by atoms with Crippen LogP contribution in [0.5, 0.6) is 5.75 Å². The molecule has 0 bridgehead atoms. The number of hydrogen-bond acceptors (Lipinski definition) is 9. The number of benzene rings is 2. The summed E-state index contributed by atoms with van der Waals surface area (Å²) < 4.78 is 6.05. The van der Waals surface area contributed by atoms with E-state index in [0.717, 1.165) is 16.7 Å². The number of amides is 1. The number of carbonyl (C=O) groups excluding carboxylic acids is 2. The Morgan fingerprint density at radius 2 is 2.05 bits per heavy atom. The molecule has 43 heavy (non-hydrogen) atoms. The third-order valence-electron chi connectivity index (χ3n) is 6.93. The van der Waals surface area contributed by atoms with Crippen molar-refractivity contribution in [1.29, 1.82) is 0 Å². The molecule has 3 atom stereocenters. The molecule has 1 fully saturated rings. The fourth-order valence-corrected chi connectivity index (χ4v) is 6.93. The number of carboxylic acid groups (broad SMARTS) is 1. The van der Waals surface area contributed by atoms with Crippen molar-refractivity contribution in [3.63, 3.8) is 0 Å². The molecule has 1 amide bonds. The molecule has 10 nitrogen and oxygen atoms in total. The molecule has 2 aliphatic rings. The largest absolute Gasteiger partial charge is 0.488 e. The van der Waals surface area contributed by atoms with Crippen LogP contribution in [0.1, 0.15) is 10.4 Å². The number of aromatic amines is 1. The lowest BCUT2D eigenvalue weighted by molar-refractivity contribution is -0.159.